The molecule has 0 amide bonds. The van der Waals surface area contributed by atoms with Crippen LogP contribution in [0.5, 0.6) is 0 Å². The number of nitrogens with one attached hydrogen (secondary N) is 1. The van der Waals surface area contributed by atoms with Gasteiger partial charge in [-0.3, -0.25) is 0 Å². The molecule has 0 radical (unpaired) electrons. The Bertz CT molecular complexity index is 61.4. The maximum absolute atomic E-state index is 3.38. The van der Waals surface area contributed by atoms with E-state index in [1.54, 1.807) is 0 Å². The van der Waals surface area contributed by atoms with Crippen LogP contribution in [-0.2, 0) is 0 Å². The molecule has 1 N–H and O–H groups in total. The molecule has 3 fully saturated rings. The Morgan fingerprint density at radius 3 is 1.27 bits per heavy atom. The zero-order chi connectivity index (χ0) is 8.69. The minimum Gasteiger partial charge on any atom is -0.316 e. The lowest BCUT2D eigenvalue weighted by molar-refractivity contribution is 0.135. The summed E-state index contributed by atoms with van der Waals surface area (Å²) in [5.74, 6) is 2.14. The van der Waals surface area contributed by atoms with Crippen molar-refractivity contribution >= 4 is 0 Å². The first-order valence-corrected chi connectivity index (χ1v) is 5.16. The minimum atomic E-state index is 1.07. The van der Waals surface area contributed by atoms with E-state index in [9.17, 15) is 0 Å². The van der Waals surface area contributed by atoms with Crippen molar-refractivity contribution < 1.29 is 0 Å². The van der Waals surface area contributed by atoms with Gasteiger partial charge in [-0.1, -0.05) is 27.7 Å². The zero-order valence-corrected chi connectivity index (χ0v) is 8.48. The molecule has 1 heteroatoms. The van der Waals surface area contributed by atoms with E-state index in [4.69, 9.17) is 0 Å². The average Bonchev–Trinajstić information content (AvgIpc) is 2.12. The first-order chi connectivity index (χ1) is 5.45. The third kappa shape index (κ3) is 3.24. The smallest absolute Gasteiger partial charge is 0.00202 e. The molecule has 1 saturated carbocycles. The van der Waals surface area contributed by atoms with Crippen LogP contribution >= 0.6 is 0 Å². The van der Waals surface area contributed by atoms with Crippen molar-refractivity contribution in [2.45, 2.75) is 40.5 Å². The van der Waals surface area contributed by atoms with E-state index < -0.39 is 0 Å². The third-order valence-corrected chi connectivity index (χ3v) is 2.20. The Labute approximate surface area is 71.6 Å². The van der Waals surface area contributed by atoms with Gasteiger partial charge in [0.05, 0.1) is 0 Å². The highest BCUT2D eigenvalue weighted by Gasteiger charge is 2.32. The van der Waals surface area contributed by atoms with Gasteiger partial charge in [0, 0.05) is 0 Å². The average molecular weight is 157 g/mol. The van der Waals surface area contributed by atoms with Crippen LogP contribution in [0, 0.1) is 11.8 Å². The van der Waals surface area contributed by atoms with Crippen LogP contribution in [0.2, 0.25) is 0 Å². The molecular weight excluding hydrogens is 134 g/mol. The highest BCUT2D eigenvalue weighted by molar-refractivity contribution is 4.87. The van der Waals surface area contributed by atoms with E-state index >= 15 is 0 Å². The van der Waals surface area contributed by atoms with Crippen LogP contribution in [0.15, 0.2) is 0 Å². The van der Waals surface area contributed by atoms with Gasteiger partial charge in [0.2, 0.25) is 0 Å². The summed E-state index contributed by atoms with van der Waals surface area (Å²) in [5.41, 5.74) is 0. The van der Waals surface area contributed by atoms with Crippen molar-refractivity contribution in [3.63, 3.8) is 0 Å². The predicted molar refractivity (Wildman–Crippen MR) is 51.8 cm³/mol. The van der Waals surface area contributed by atoms with Gasteiger partial charge in [-0.15, -0.1) is 0 Å². The van der Waals surface area contributed by atoms with E-state index in [-0.39, 0.29) is 0 Å². The summed E-state index contributed by atoms with van der Waals surface area (Å²) in [4.78, 5) is 0. The van der Waals surface area contributed by atoms with Gasteiger partial charge in [-0.2, -0.15) is 0 Å². The Hall–Kier alpha value is -0.0400. The second-order valence-corrected chi connectivity index (χ2v) is 2.86. The van der Waals surface area contributed by atoms with E-state index in [1.165, 1.54) is 25.9 Å². The van der Waals surface area contributed by atoms with Crippen LogP contribution in [-0.4, -0.2) is 13.1 Å². The van der Waals surface area contributed by atoms with Crippen LogP contribution in [0.3, 0.4) is 0 Å². The maximum Gasteiger partial charge on any atom is -0.00202 e. The molecule has 3 rings (SSSR count). The molecule has 2 bridgehead atoms. The van der Waals surface area contributed by atoms with Crippen molar-refractivity contribution in [2.24, 2.45) is 11.8 Å². The quantitative estimate of drug-likeness (QED) is 0.570. The summed E-state index contributed by atoms with van der Waals surface area (Å²) in [6.45, 7) is 10.6. The van der Waals surface area contributed by atoms with Gasteiger partial charge in [0.1, 0.15) is 0 Å². The van der Waals surface area contributed by atoms with Crippen LogP contribution in [0.25, 0.3) is 0 Å². The molecule has 0 spiro atoms. The molecule has 0 atom stereocenters. The fraction of sp³-hybridized carbons (Fsp3) is 1.00. The van der Waals surface area contributed by atoms with Gasteiger partial charge < -0.3 is 5.32 Å². The molecule has 1 nitrogen and oxygen atoms in total. The third-order valence-electron chi connectivity index (χ3n) is 2.20. The fourth-order valence-corrected chi connectivity index (χ4v) is 1.70. The standard InChI is InChI=1S/C6H11N.2C2H6/c1-5-2-6(1)4-7-3-5;2*1-2/h5-7H,1-4H2;2*1-2H3. The van der Waals surface area contributed by atoms with Gasteiger partial charge in [0.15, 0.2) is 0 Å². The zero-order valence-electron chi connectivity index (χ0n) is 8.48. The van der Waals surface area contributed by atoms with E-state index in [1.807, 2.05) is 27.7 Å². The Balaban J connectivity index is 0.000000222. The van der Waals surface area contributed by atoms with Crippen molar-refractivity contribution in [1.82, 2.24) is 5.32 Å². The summed E-state index contributed by atoms with van der Waals surface area (Å²) in [5, 5.41) is 3.38. The lowest BCUT2D eigenvalue weighted by atomic mass is 9.72. The first-order valence-electron chi connectivity index (χ1n) is 5.16. The molecule has 3 aliphatic rings. The van der Waals surface area contributed by atoms with E-state index in [0.29, 0.717) is 0 Å². The van der Waals surface area contributed by atoms with E-state index in [2.05, 4.69) is 5.32 Å². The first kappa shape index (κ1) is 11.0. The predicted octanol–water partition coefficient (Wildman–Crippen LogP) is 2.67. The molecular formula is C10H23N. The lowest BCUT2D eigenvalue weighted by Gasteiger charge is -2.41. The fourth-order valence-electron chi connectivity index (χ4n) is 1.70. The van der Waals surface area contributed by atoms with Gasteiger partial charge in [0.25, 0.3) is 0 Å². The minimum absolute atomic E-state index is 1.07. The Morgan fingerprint density at radius 1 is 0.818 bits per heavy atom. The van der Waals surface area contributed by atoms with Crippen LogP contribution in [0.4, 0.5) is 0 Å². The highest BCUT2D eigenvalue weighted by Crippen LogP contribution is 2.35. The van der Waals surface area contributed by atoms with Gasteiger partial charge in [-0.25, -0.2) is 0 Å². The van der Waals surface area contributed by atoms with Crippen molar-refractivity contribution in [3.8, 4) is 0 Å². The Morgan fingerprint density at radius 2 is 1.18 bits per heavy atom. The van der Waals surface area contributed by atoms with Crippen LogP contribution in [0.1, 0.15) is 40.5 Å². The molecule has 1 aliphatic carbocycles. The summed E-state index contributed by atoms with van der Waals surface area (Å²) in [6.07, 6.45) is 3.04. The number of hydrogen-bond acceptors (Lipinski definition) is 1. The molecule has 0 aromatic carbocycles. The summed E-state index contributed by atoms with van der Waals surface area (Å²) in [7, 11) is 0. The summed E-state index contributed by atoms with van der Waals surface area (Å²) in [6, 6.07) is 0. The van der Waals surface area contributed by atoms with Gasteiger partial charge in [-0.05, 0) is 37.8 Å². The van der Waals surface area contributed by atoms with Crippen molar-refractivity contribution in [3.05, 3.63) is 0 Å². The molecule has 0 aromatic heterocycles. The molecule has 11 heavy (non-hydrogen) atoms. The molecule has 68 valence electrons. The second-order valence-electron chi connectivity index (χ2n) is 2.86. The molecule has 2 saturated heterocycles. The second kappa shape index (κ2) is 6.66. The summed E-state index contributed by atoms with van der Waals surface area (Å²) < 4.78 is 0. The lowest BCUT2D eigenvalue weighted by Crippen LogP contribution is -2.45. The maximum atomic E-state index is 3.38. The summed E-state index contributed by atoms with van der Waals surface area (Å²) >= 11 is 0. The van der Waals surface area contributed by atoms with Crippen molar-refractivity contribution in [1.29, 1.82) is 0 Å². The SMILES string of the molecule is C1NCC2CC1C2.CC.CC. The molecule has 0 unspecified atom stereocenters. The number of fused-ring (bicyclic) bond motifs is 2. The number of hydrogen-bond donors (Lipinski definition) is 1. The van der Waals surface area contributed by atoms with Crippen molar-refractivity contribution in [2.75, 3.05) is 13.1 Å². The topological polar surface area (TPSA) is 12.0 Å². The normalized spacial score (nSPS) is 31.6. The number of piperidine rings is 2. The van der Waals surface area contributed by atoms with E-state index in [0.717, 1.165) is 11.8 Å². The molecule has 2 aliphatic heterocycles. The number of rotatable bonds is 0. The monoisotopic (exact) mass is 157 g/mol. The van der Waals surface area contributed by atoms with Crippen LogP contribution < -0.4 is 5.32 Å². The largest absolute Gasteiger partial charge is 0.316 e. The van der Waals surface area contributed by atoms with Gasteiger partial charge >= 0.3 is 0 Å². The Kier molecular flexibility index (Phi) is 6.63. The molecule has 0 aromatic rings. The highest BCUT2D eigenvalue weighted by atomic mass is 14.9. The molecule has 2 heterocycles.